The van der Waals surface area contributed by atoms with Crippen molar-refractivity contribution in [1.82, 2.24) is 19.8 Å². The fraction of sp³-hybridized carbons (Fsp3) is 0.464. The number of carbonyl (C=O) groups is 1. The molecule has 2 fully saturated rings. The summed E-state index contributed by atoms with van der Waals surface area (Å²) >= 11 is 0. The molecule has 2 aliphatic heterocycles. The minimum absolute atomic E-state index is 0.113. The summed E-state index contributed by atoms with van der Waals surface area (Å²) in [5, 5.41) is 11.3. The van der Waals surface area contributed by atoms with Gasteiger partial charge in [-0.05, 0) is 74.8 Å². The molecule has 36 heavy (non-hydrogen) atoms. The molecule has 8 nitrogen and oxygen atoms in total. The summed E-state index contributed by atoms with van der Waals surface area (Å²) in [6.45, 7) is 5.28. The van der Waals surface area contributed by atoms with E-state index in [1.165, 1.54) is 19.3 Å². The van der Waals surface area contributed by atoms with Gasteiger partial charge in [-0.25, -0.2) is 0 Å². The second-order valence-electron chi connectivity index (χ2n) is 10.0. The molecule has 2 aliphatic rings. The van der Waals surface area contributed by atoms with Gasteiger partial charge in [0, 0.05) is 44.6 Å². The van der Waals surface area contributed by atoms with Crippen molar-refractivity contribution in [2.24, 2.45) is 0 Å². The standard InChI is InChI=1S/C28H35N5O3/c1-31(27(34)22-7-9-23(10-8-22)36-19-18-32-15-3-2-4-16-32)20-28(35)12-17-33(21-28)25-11-14-29-24-6-5-13-30-26(24)25/h5-11,13-14,35H,2-4,12,15-21H2,1H3/t28-/m1/s1. The number of likely N-dealkylation sites (N-methyl/N-ethyl adjacent to an activating group) is 1. The van der Waals surface area contributed by atoms with Gasteiger partial charge in [0.1, 0.15) is 23.5 Å². The quantitative estimate of drug-likeness (QED) is 0.520. The molecule has 1 aromatic carbocycles. The maximum absolute atomic E-state index is 13.1. The molecule has 0 unspecified atom stereocenters. The van der Waals surface area contributed by atoms with Gasteiger partial charge in [-0.2, -0.15) is 0 Å². The number of likely N-dealkylation sites (tertiary alicyclic amines) is 1. The number of fused-ring (bicyclic) bond motifs is 1. The van der Waals surface area contributed by atoms with Gasteiger partial charge in [0.05, 0.1) is 17.7 Å². The Morgan fingerprint density at radius 2 is 1.86 bits per heavy atom. The van der Waals surface area contributed by atoms with Crippen LogP contribution in [-0.4, -0.2) is 89.3 Å². The lowest BCUT2D eigenvalue weighted by atomic mass is 10.0. The summed E-state index contributed by atoms with van der Waals surface area (Å²) in [4.78, 5) is 28.1. The number of carbonyl (C=O) groups excluding carboxylic acids is 1. The predicted molar refractivity (Wildman–Crippen MR) is 141 cm³/mol. The van der Waals surface area contributed by atoms with Crippen LogP contribution in [0.4, 0.5) is 5.69 Å². The summed E-state index contributed by atoms with van der Waals surface area (Å²) < 4.78 is 5.89. The van der Waals surface area contributed by atoms with Crippen molar-refractivity contribution < 1.29 is 14.6 Å². The van der Waals surface area contributed by atoms with E-state index in [4.69, 9.17) is 4.74 Å². The highest BCUT2D eigenvalue weighted by atomic mass is 16.5. The fourth-order valence-electron chi connectivity index (χ4n) is 5.31. The Bertz CT molecular complexity index is 1180. The highest BCUT2D eigenvalue weighted by Crippen LogP contribution is 2.31. The second-order valence-corrected chi connectivity index (χ2v) is 10.0. The Morgan fingerprint density at radius 1 is 1.06 bits per heavy atom. The van der Waals surface area contributed by atoms with Crippen molar-refractivity contribution in [3.63, 3.8) is 0 Å². The number of pyridine rings is 2. The van der Waals surface area contributed by atoms with Crippen molar-refractivity contribution in [3.8, 4) is 5.75 Å². The van der Waals surface area contributed by atoms with Crippen LogP contribution in [-0.2, 0) is 0 Å². The van der Waals surface area contributed by atoms with E-state index in [2.05, 4.69) is 19.8 Å². The van der Waals surface area contributed by atoms with Gasteiger partial charge in [0.25, 0.3) is 5.91 Å². The predicted octanol–water partition coefficient (Wildman–Crippen LogP) is 3.21. The lowest BCUT2D eigenvalue weighted by Crippen LogP contribution is -2.45. The van der Waals surface area contributed by atoms with Crippen LogP contribution in [0.2, 0.25) is 0 Å². The molecule has 0 aliphatic carbocycles. The van der Waals surface area contributed by atoms with Gasteiger partial charge < -0.3 is 19.6 Å². The van der Waals surface area contributed by atoms with Crippen LogP contribution in [0, 0.1) is 0 Å². The smallest absolute Gasteiger partial charge is 0.253 e. The number of amides is 1. The first-order valence-electron chi connectivity index (χ1n) is 12.9. The number of hydrogen-bond donors (Lipinski definition) is 1. The molecule has 0 radical (unpaired) electrons. The topological polar surface area (TPSA) is 82.0 Å². The van der Waals surface area contributed by atoms with Gasteiger partial charge in [-0.15, -0.1) is 0 Å². The zero-order chi connectivity index (χ0) is 25.0. The summed E-state index contributed by atoms with van der Waals surface area (Å²) in [7, 11) is 1.75. The van der Waals surface area contributed by atoms with Gasteiger partial charge in [-0.3, -0.25) is 19.7 Å². The minimum Gasteiger partial charge on any atom is -0.492 e. The third-order valence-electron chi connectivity index (χ3n) is 7.25. The first-order valence-corrected chi connectivity index (χ1v) is 12.9. The zero-order valence-corrected chi connectivity index (χ0v) is 21.0. The molecule has 0 bridgehead atoms. The van der Waals surface area contributed by atoms with E-state index < -0.39 is 5.60 Å². The number of anilines is 1. The van der Waals surface area contributed by atoms with Crippen molar-refractivity contribution >= 4 is 22.6 Å². The molecule has 2 aromatic heterocycles. The molecular formula is C28H35N5O3. The lowest BCUT2D eigenvalue weighted by Gasteiger charge is -2.29. The number of rotatable bonds is 8. The number of nitrogens with zero attached hydrogens (tertiary/aromatic N) is 5. The van der Waals surface area contributed by atoms with E-state index in [0.29, 0.717) is 31.7 Å². The summed E-state index contributed by atoms with van der Waals surface area (Å²) in [5.41, 5.74) is 2.21. The second kappa shape index (κ2) is 10.8. The molecule has 0 saturated carbocycles. The highest BCUT2D eigenvalue weighted by Gasteiger charge is 2.38. The normalized spacial score (nSPS) is 20.6. The molecule has 4 heterocycles. The summed E-state index contributed by atoms with van der Waals surface area (Å²) in [6, 6.07) is 13.0. The third kappa shape index (κ3) is 5.60. The van der Waals surface area contributed by atoms with E-state index in [1.54, 1.807) is 36.5 Å². The van der Waals surface area contributed by atoms with Crippen LogP contribution in [0.25, 0.3) is 11.0 Å². The average Bonchev–Trinajstić information content (AvgIpc) is 3.30. The van der Waals surface area contributed by atoms with E-state index in [9.17, 15) is 9.90 Å². The van der Waals surface area contributed by atoms with Gasteiger partial charge in [-0.1, -0.05) is 6.42 Å². The summed E-state index contributed by atoms with van der Waals surface area (Å²) in [5.74, 6) is 0.659. The van der Waals surface area contributed by atoms with Crippen molar-refractivity contribution in [3.05, 3.63) is 60.4 Å². The molecule has 8 heteroatoms. The molecule has 2 saturated heterocycles. The van der Waals surface area contributed by atoms with E-state index >= 15 is 0 Å². The number of piperidine rings is 1. The number of β-amino-alcohol motifs (C(OH)–C–C–N with tert-alkyl or cyclic N) is 1. The SMILES string of the molecule is CN(C[C@]1(O)CCN(c2ccnc3cccnc23)C1)C(=O)c1ccc(OCCN2CCCCC2)cc1. The number of hydrogen-bond acceptors (Lipinski definition) is 7. The Kier molecular flexibility index (Phi) is 7.34. The Balaban J connectivity index is 1.15. The Hall–Kier alpha value is -3.23. The maximum atomic E-state index is 13.1. The van der Waals surface area contributed by atoms with Crippen LogP contribution < -0.4 is 9.64 Å². The zero-order valence-electron chi connectivity index (χ0n) is 21.0. The molecule has 1 amide bonds. The first kappa shape index (κ1) is 24.5. The van der Waals surface area contributed by atoms with Crippen molar-refractivity contribution in [2.45, 2.75) is 31.3 Å². The average molecular weight is 490 g/mol. The molecule has 190 valence electrons. The van der Waals surface area contributed by atoms with E-state index in [-0.39, 0.29) is 12.5 Å². The molecule has 5 rings (SSSR count). The van der Waals surface area contributed by atoms with Gasteiger partial charge in [0.15, 0.2) is 0 Å². The number of aliphatic hydroxyl groups is 1. The van der Waals surface area contributed by atoms with Gasteiger partial charge >= 0.3 is 0 Å². The van der Waals surface area contributed by atoms with Gasteiger partial charge in [0.2, 0.25) is 0 Å². The lowest BCUT2D eigenvalue weighted by molar-refractivity contribution is 0.0264. The molecule has 0 spiro atoms. The van der Waals surface area contributed by atoms with Crippen molar-refractivity contribution in [1.29, 1.82) is 0 Å². The Morgan fingerprint density at radius 3 is 2.67 bits per heavy atom. The van der Waals surface area contributed by atoms with Crippen molar-refractivity contribution in [2.75, 3.05) is 57.8 Å². The number of aromatic nitrogens is 2. The Labute approximate surface area is 212 Å². The van der Waals surface area contributed by atoms with Crippen LogP contribution >= 0.6 is 0 Å². The molecule has 3 aromatic rings. The molecular weight excluding hydrogens is 454 g/mol. The van der Waals surface area contributed by atoms with E-state index in [0.717, 1.165) is 42.1 Å². The number of benzene rings is 1. The van der Waals surface area contributed by atoms with E-state index in [1.807, 2.05) is 30.3 Å². The van der Waals surface area contributed by atoms with Crippen LogP contribution in [0.15, 0.2) is 54.9 Å². The van der Waals surface area contributed by atoms with Crippen LogP contribution in [0.1, 0.15) is 36.0 Å². The van der Waals surface area contributed by atoms with Crippen LogP contribution in [0.3, 0.4) is 0 Å². The monoisotopic (exact) mass is 489 g/mol. The fourth-order valence-corrected chi connectivity index (χ4v) is 5.31. The first-order chi connectivity index (χ1) is 17.5. The molecule has 1 atom stereocenters. The highest BCUT2D eigenvalue weighted by molar-refractivity contribution is 5.94. The molecule has 1 N–H and O–H groups in total. The summed E-state index contributed by atoms with van der Waals surface area (Å²) in [6.07, 6.45) is 7.98. The van der Waals surface area contributed by atoms with Crippen LogP contribution in [0.5, 0.6) is 5.75 Å². The number of ether oxygens (including phenoxy) is 1. The maximum Gasteiger partial charge on any atom is 0.253 e. The minimum atomic E-state index is -0.994. The largest absolute Gasteiger partial charge is 0.492 e. The third-order valence-corrected chi connectivity index (χ3v) is 7.25.